The standard InChI is InChI=1S/C10H9F3O3/c1-15-8(10(11,12)13)9(14)16-7-5-3-2-4-6-7/h2-6,8H,1H3/t8-/m1/s1. The van der Waals surface area contributed by atoms with E-state index in [2.05, 4.69) is 9.47 Å². The van der Waals surface area contributed by atoms with Gasteiger partial charge in [0.25, 0.3) is 6.10 Å². The lowest BCUT2D eigenvalue weighted by Crippen LogP contribution is -2.40. The molecule has 88 valence electrons. The van der Waals surface area contributed by atoms with Crippen molar-refractivity contribution in [2.24, 2.45) is 0 Å². The normalized spacial score (nSPS) is 13.2. The van der Waals surface area contributed by atoms with Gasteiger partial charge in [0.1, 0.15) is 5.75 Å². The number of rotatable bonds is 3. The zero-order chi connectivity index (χ0) is 12.2. The van der Waals surface area contributed by atoms with Gasteiger partial charge >= 0.3 is 12.1 Å². The van der Waals surface area contributed by atoms with Crippen molar-refractivity contribution >= 4 is 5.97 Å². The van der Waals surface area contributed by atoms with Gasteiger partial charge in [-0.1, -0.05) is 18.2 Å². The number of methoxy groups -OCH3 is 1. The van der Waals surface area contributed by atoms with Gasteiger partial charge in [-0.25, -0.2) is 4.79 Å². The molecule has 0 spiro atoms. The van der Waals surface area contributed by atoms with Gasteiger partial charge < -0.3 is 9.47 Å². The van der Waals surface area contributed by atoms with Crippen LogP contribution in [-0.2, 0) is 9.53 Å². The molecule has 16 heavy (non-hydrogen) atoms. The molecule has 0 saturated heterocycles. The number of hydrogen-bond acceptors (Lipinski definition) is 3. The van der Waals surface area contributed by atoms with Crippen LogP contribution in [0.2, 0.25) is 0 Å². The van der Waals surface area contributed by atoms with Crippen LogP contribution in [0.15, 0.2) is 30.3 Å². The summed E-state index contributed by atoms with van der Waals surface area (Å²) in [6.45, 7) is 0. The number of halogens is 3. The fraction of sp³-hybridized carbons (Fsp3) is 0.300. The molecule has 0 unspecified atom stereocenters. The molecular formula is C10H9F3O3. The Bertz CT molecular complexity index is 348. The minimum Gasteiger partial charge on any atom is -0.424 e. The largest absolute Gasteiger partial charge is 0.425 e. The number of para-hydroxylation sites is 1. The molecule has 6 heteroatoms. The number of carbonyl (C=O) groups excluding carboxylic acids is 1. The number of benzene rings is 1. The molecule has 0 saturated carbocycles. The predicted octanol–water partition coefficient (Wildman–Crippen LogP) is 2.17. The van der Waals surface area contributed by atoms with E-state index in [-0.39, 0.29) is 5.75 Å². The number of carbonyl (C=O) groups is 1. The van der Waals surface area contributed by atoms with E-state index in [1.54, 1.807) is 6.07 Å². The zero-order valence-corrected chi connectivity index (χ0v) is 8.32. The second kappa shape index (κ2) is 4.98. The summed E-state index contributed by atoms with van der Waals surface area (Å²) in [7, 11) is 0.796. The van der Waals surface area contributed by atoms with Gasteiger partial charge in [0.2, 0.25) is 0 Å². The highest BCUT2D eigenvalue weighted by molar-refractivity contribution is 5.78. The van der Waals surface area contributed by atoms with E-state index in [4.69, 9.17) is 0 Å². The molecular weight excluding hydrogens is 225 g/mol. The van der Waals surface area contributed by atoms with Crippen LogP contribution < -0.4 is 4.74 Å². The Morgan fingerprint density at radius 2 is 1.81 bits per heavy atom. The minimum atomic E-state index is -4.78. The summed E-state index contributed by atoms with van der Waals surface area (Å²) < 4.78 is 45.3. The van der Waals surface area contributed by atoms with Crippen molar-refractivity contribution in [1.29, 1.82) is 0 Å². The van der Waals surface area contributed by atoms with Crippen LogP contribution in [0.5, 0.6) is 5.75 Å². The maximum absolute atomic E-state index is 12.2. The zero-order valence-electron chi connectivity index (χ0n) is 8.32. The van der Waals surface area contributed by atoms with Gasteiger partial charge in [-0.05, 0) is 12.1 Å². The predicted molar refractivity (Wildman–Crippen MR) is 48.9 cm³/mol. The van der Waals surface area contributed by atoms with Gasteiger partial charge in [-0.3, -0.25) is 0 Å². The lowest BCUT2D eigenvalue weighted by Gasteiger charge is -2.16. The Hall–Kier alpha value is -1.56. The summed E-state index contributed by atoms with van der Waals surface area (Å²) in [6, 6.07) is 7.48. The van der Waals surface area contributed by atoms with Crippen molar-refractivity contribution in [3.63, 3.8) is 0 Å². The topological polar surface area (TPSA) is 35.5 Å². The molecule has 1 aromatic rings. The Kier molecular flexibility index (Phi) is 3.89. The first-order valence-electron chi connectivity index (χ1n) is 4.31. The van der Waals surface area contributed by atoms with Crippen molar-refractivity contribution in [1.82, 2.24) is 0 Å². The highest BCUT2D eigenvalue weighted by atomic mass is 19.4. The van der Waals surface area contributed by atoms with E-state index in [1.165, 1.54) is 24.3 Å². The van der Waals surface area contributed by atoms with E-state index in [1.807, 2.05) is 0 Å². The smallest absolute Gasteiger partial charge is 0.424 e. The fourth-order valence-electron chi connectivity index (χ4n) is 1.02. The number of esters is 1. The average molecular weight is 234 g/mol. The van der Waals surface area contributed by atoms with Crippen LogP contribution in [0, 0.1) is 0 Å². The molecule has 0 N–H and O–H groups in total. The summed E-state index contributed by atoms with van der Waals surface area (Å²) in [4.78, 5) is 11.1. The third-order valence-corrected chi connectivity index (χ3v) is 1.71. The van der Waals surface area contributed by atoms with Crippen LogP contribution in [0.4, 0.5) is 13.2 Å². The first-order chi connectivity index (χ1) is 7.45. The molecule has 0 heterocycles. The van der Waals surface area contributed by atoms with Gasteiger partial charge in [0, 0.05) is 7.11 Å². The van der Waals surface area contributed by atoms with Crippen LogP contribution in [-0.4, -0.2) is 25.4 Å². The second-order valence-electron chi connectivity index (χ2n) is 2.89. The molecule has 1 aromatic carbocycles. The van der Waals surface area contributed by atoms with Crippen molar-refractivity contribution in [2.45, 2.75) is 12.3 Å². The Labute approximate surface area is 89.8 Å². The second-order valence-corrected chi connectivity index (χ2v) is 2.89. The highest BCUT2D eigenvalue weighted by Crippen LogP contribution is 2.24. The molecule has 0 aliphatic rings. The summed E-state index contributed by atoms with van der Waals surface area (Å²) >= 11 is 0. The van der Waals surface area contributed by atoms with E-state index < -0.39 is 18.2 Å². The molecule has 0 aromatic heterocycles. The molecule has 0 radical (unpaired) electrons. The summed E-state index contributed by atoms with van der Waals surface area (Å²) in [5.74, 6) is -1.44. The van der Waals surface area contributed by atoms with Crippen LogP contribution in [0.1, 0.15) is 0 Å². The third-order valence-electron chi connectivity index (χ3n) is 1.71. The molecule has 1 atom stereocenters. The first kappa shape index (κ1) is 12.5. The van der Waals surface area contributed by atoms with E-state index in [9.17, 15) is 18.0 Å². The average Bonchev–Trinajstić information content (AvgIpc) is 2.17. The molecule has 0 bridgehead atoms. The lowest BCUT2D eigenvalue weighted by molar-refractivity contribution is -0.219. The van der Waals surface area contributed by atoms with Gasteiger partial charge in [-0.15, -0.1) is 0 Å². The van der Waals surface area contributed by atoms with Gasteiger partial charge in [-0.2, -0.15) is 13.2 Å². The molecule has 1 rings (SSSR count). The fourth-order valence-corrected chi connectivity index (χ4v) is 1.02. The minimum absolute atomic E-state index is 0.0406. The van der Waals surface area contributed by atoms with E-state index in [0.717, 1.165) is 7.11 Å². The van der Waals surface area contributed by atoms with Crippen molar-refractivity contribution in [2.75, 3.05) is 7.11 Å². The number of ether oxygens (including phenoxy) is 2. The summed E-state index contributed by atoms with van der Waals surface area (Å²) in [6.07, 6.45) is -7.34. The number of hydrogen-bond donors (Lipinski definition) is 0. The molecule has 0 aliphatic heterocycles. The van der Waals surface area contributed by atoms with E-state index >= 15 is 0 Å². The molecule has 0 aliphatic carbocycles. The molecule has 0 amide bonds. The summed E-state index contributed by atoms with van der Waals surface area (Å²) in [5.41, 5.74) is 0. The van der Waals surface area contributed by atoms with E-state index in [0.29, 0.717) is 0 Å². The van der Waals surface area contributed by atoms with Gasteiger partial charge in [0.15, 0.2) is 0 Å². The lowest BCUT2D eigenvalue weighted by atomic mass is 10.3. The maximum Gasteiger partial charge on any atom is 0.425 e. The number of alkyl halides is 3. The van der Waals surface area contributed by atoms with Crippen LogP contribution >= 0.6 is 0 Å². The maximum atomic E-state index is 12.2. The Morgan fingerprint density at radius 1 is 1.25 bits per heavy atom. The van der Waals surface area contributed by atoms with Crippen molar-refractivity contribution in [3.8, 4) is 5.75 Å². The SMILES string of the molecule is CO[C@H](C(=O)Oc1ccccc1)C(F)(F)F. The van der Waals surface area contributed by atoms with Crippen molar-refractivity contribution < 1.29 is 27.4 Å². The first-order valence-corrected chi connectivity index (χ1v) is 4.31. The summed E-state index contributed by atoms with van der Waals surface area (Å²) in [5, 5.41) is 0. The van der Waals surface area contributed by atoms with Gasteiger partial charge in [0.05, 0.1) is 0 Å². The molecule has 3 nitrogen and oxygen atoms in total. The Morgan fingerprint density at radius 3 is 2.25 bits per heavy atom. The highest BCUT2D eigenvalue weighted by Gasteiger charge is 2.46. The van der Waals surface area contributed by atoms with Crippen LogP contribution in [0.25, 0.3) is 0 Å². The Balaban J connectivity index is 2.71. The van der Waals surface area contributed by atoms with Crippen LogP contribution in [0.3, 0.4) is 0 Å². The van der Waals surface area contributed by atoms with Crippen molar-refractivity contribution in [3.05, 3.63) is 30.3 Å². The molecule has 0 fully saturated rings. The quantitative estimate of drug-likeness (QED) is 0.594. The monoisotopic (exact) mass is 234 g/mol. The third kappa shape index (κ3) is 3.23.